The van der Waals surface area contributed by atoms with Crippen LogP contribution in [0.2, 0.25) is 5.15 Å². The van der Waals surface area contributed by atoms with E-state index in [4.69, 9.17) is 16.7 Å². The molecule has 0 aromatic carbocycles. The highest BCUT2D eigenvalue weighted by Crippen LogP contribution is 2.29. The predicted molar refractivity (Wildman–Crippen MR) is 43.2 cm³/mol. The Balaban J connectivity index is 2.91. The van der Waals surface area contributed by atoms with Crippen LogP contribution in [0.1, 0.15) is 12.1 Å². The second kappa shape index (κ2) is 3.83. The first kappa shape index (κ1) is 10.8. The molecule has 1 N–H and O–H groups in total. The largest absolute Gasteiger partial charge is 0.481 e. The molecule has 1 rings (SSSR count). The Kier molecular flexibility index (Phi) is 2.95. The number of hydrogen-bond acceptors (Lipinski definition) is 3. The first-order valence-corrected chi connectivity index (χ1v) is 3.87. The minimum absolute atomic E-state index is 0.0279. The fraction of sp³-hybridized carbons (Fsp3) is 0.286. The zero-order chi connectivity index (χ0) is 10.8. The molecule has 7 heteroatoms. The van der Waals surface area contributed by atoms with Gasteiger partial charge in [-0.05, 0) is 0 Å². The normalized spacial score (nSPS) is 11.4. The molecule has 1 aromatic heterocycles. The Labute approximate surface area is 82.6 Å². The topological polar surface area (TPSA) is 63.1 Å². The molecule has 0 radical (unpaired) electrons. The minimum atomic E-state index is -3.52. The molecule has 1 aromatic rings. The van der Waals surface area contributed by atoms with Crippen LogP contribution in [0.15, 0.2) is 12.4 Å². The molecular weight excluding hydrogens is 218 g/mol. The number of halogens is 3. The SMILES string of the molecule is O=C(O)CC(F)(F)c1cnc(Cl)cn1. The molecule has 0 bridgehead atoms. The van der Waals surface area contributed by atoms with E-state index in [-0.39, 0.29) is 5.15 Å². The zero-order valence-electron chi connectivity index (χ0n) is 6.75. The molecule has 0 unspecified atom stereocenters. The quantitative estimate of drug-likeness (QED) is 0.846. The van der Waals surface area contributed by atoms with Crippen molar-refractivity contribution >= 4 is 17.6 Å². The van der Waals surface area contributed by atoms with Gasteiger partial charge in [0.15, 0.2) is 0 Å². The number of carboxylic acids is 1. The summed E-state index contributed by atoms with van der Waals surface area (Å²) in [6, 6.07) is 0. The second-order valence-electron chi connectivity index (χ2n) is 2.50. The molecule has 0 saturated carbocycles. The molecule has 0 atom stereocenters. The van der Waals surface area contributed by atoms with Crippen molar-refractivity contribution in [2.75, 3.05) is 0 Å². The van der Waals surface area contributed by atoms with E-state index in [1.807, 2.05) is 0 Å². The Morgan fingerprint density at radius 2 is 2.14 bits per heavy atom. The summed E-state index contributed by atoms with van der Waals surface area (Å²) in [5, 5.41) is 8.18. The van der Waals surface area contributed by atoms with E-state index in [0.717, 1.165) is 12.4 Å². The number of rotatable bonds is 3. The number of hydrogen-bond donors (Lipinski definition) is 1. The maximum Gasteiger partial charge on any atom is 0.309 e. The van der Waals surface area contributed by atoms with Crippen LogP contribution in [-0.4, -0.2) is 21.0 Å². The van der Waals surface area contributed by atoms with E-state index >= 15 is 0 Å². The van der Waals surface area contributed by atoms with Crippen LogP contribution in [0.25, 0.3) is 0 Å². The molecule has 0 spiro atoms. The van der Waals surface area contributed by atoms with Crippen LogP contribution in [-0.2, 0) is 10.7 Å². The van der Waals surface area contributed by atoms with Gasteiger partial charge >= 0.3 is 11.9 Å². The van der Waals surface area contributed by atoms with Gasteiger partial charge in [-0.25, -0.2) is 4.98 Å². The van der Waals surface area contributed by atoms with Crippen molar-refractivity contribution in [3.8, 4) is 0 Å². The summed E-state index contributed by atoms with van der Waals surface area (Å²) in [7, 11) is 0. The van der Waals surface area contributed by atoms with E-state index in [2.05, 4.69) is 9.97 Å². The van der Waals surface area contributed by atoms with E-state index in [1.54, 1.807) is 0 Å². The smallest absolute Gasteiger partial charge is 0.309 e. The molecule has 0 saturated heterocycles. The highest BCUT2D eigenvalue weighted by molar-refractivity contribution is 6.29. The standard InChI is InChI=1S/C7H5ClF2N2O2/c8-5-3-11-4(2-12-5)7(9,10)1-6(13)14/h2-3H,1H2,(H,13,14). The Bertz CT molecular complexity index is 342. The van der Waals surface area contributed by atoms with Crippen LogP contribution in [0.4, 0.5) is 8.78 Å². The van der Waals surface area contributed by atoms with Gasteiger partial charge in [-0.1, -0.05) is 11.6 Å². The third kappa shape index (κ3) is 2.59. The first-order valence-electron chi connectivity index (χ1n) is 3.49. The average Bonchev–Trinajstić information content (AvgIpc) is 2.02. The minimum Gasteiger partial charge on any atom is -0.481 e. The summed E-state index contributed by atoms with van der Waals surface area (Å²) in [6.07, 6.45) is 0.376. The molecule has 1 heterocycles. The first-order chi connectivity index (χ1) is 6.42. The van der Waals surface area contributed by atoms with E-state index in [9.17, 15) is 13.6 Å². The van der Waals surface area contributed by atoms with Crippen molar-refractivity contribution < 1.29 is 18.7 Å². The molecule has 0 aliphatic carbocycles. The van der Waals surface area contributed by atoms with Gasteiger partial charge in [0.1, 0.15) is 17.3 Å². The fourth-order valence-electron chi connectivity index (χ4n) is 0.782. The van der Waals surface area contributed by atoms with Crippen LogP contribution in [0.3, 0.4) is 0 Å². The number of carboxylic acid groups (broad SMARTS) is 1. The Morgan fingerprint density at radius 1 is 1.50 bits per heavy atom. The average molecular weight is 223 g/mol. The number of alkyl halides is 2. The third-order valence-electron chi connectivity index (χ3n) is 1.37. The number of carbonyl (C=O) groups is 1. The van der Waals surface area contributed by atoms with Gasteiger partial charge < -0.3 is 5.11 Å². The van der Waals surface area contributed by atoms with Crippen molar-refractivity contribution in [3.05, 3.63) is 23.2 Å². The van der Waals surface area contributed by atoms with Gasteiger partial charge in [-0.2, -0.15) is 8.78 Å². The van der Waals surface area contributed by atoms with Gasteiger partial charge in [0.05, 0.1) is 12.4 Å². The lowest BCUT2D eigenvalue weighted by atomic mass is 10.2. The van der Waals surface area contributed by atoms with Gasteiger partial charge in [-0.3, -0.25) is 9.78 Å². The lowest BCUT2D eigenvalue weighted by molar-refractivity contribution is -0.145. The highest BCUT2D eigenvalue weighted by Gasteiger charge is 2.36. The predicted octanol–water partition coefficient (Wildman–Crippen LogP) is 1.70. The highest BCUT2D eigenvalue weighted by atomic mass is 35.5. The summed E-state index contributed by atoms with van der Waals surface area (Å²) < 4.78 is 26.0. The monoisotopic (exact) mass is 222 g/mol. The van der Waals surface area contributed by atoms with Gasteiger partial charge in [-0.15, -0.1) is 0 Å². The fourth-order valence-corrected chi connectivity index (χ4v) is 0.879. The molecule has 0 aliphatic rings. The molecule has 0 amide bonds. The van der Waals surface area contributed by atoms with Crippen molar-refractivity contribution in [2.24, 2.45) is 0 Å². The number of aromatic nitrogens is 2. The summed E-state index contributed by atoms with van der Waals surface area (Å²) in [5.41, 5.74) is -0.704. The molecule has 4 nitrogen and oxygen atoms in total. The summed E-state index contributed by atoms with van der Waals surface area (Å²) >= 11 is 5.33. The van der Waals surface area contributed by atoms with Crippen molar-refractivity contribution in [3.63, 3.8) is 0 Å². The van der Waals surface area contributed by atoms with Crippen LogP contribution in [0.5, 0.6) is 0 Å². The van der Waals surface area contributed by atoms with E-state index in [1.165, 1.54) is 0 Å². The number of aliphatic carboxylic acids is 1. The maximum atomic E-state index is 13.0. The summed E-state index contributed by atoms with van der Waals surface area (Å²) in [4.78, 5) is 16.8. The molecule has 14 heavy (non-hydrogen) atoms. The van der Waals surface area contributed by atoms with Gasteiger partial charge in [0.25, 0.3) is 0 Å². The van der Waals surface area contributed by atoms with Crippen LogP contribution >= 0.6 is 11.6 Å². The third-order valence-corrected chi connectivity index (χ3v) is 1.56. The molecular formula is C7H5ClF2N2O2. The number of nitrogens with zero attached hydrogens (tertiary/aromatic N) is 2. The van der Waals surface area contributed by atoms with Crippen LogP contribution < -0.4 is 0 Å². The van der Waals surface area contributed by atoms with Crippen LogP contribution in [0, 0.1) is 0 Å². The second-order valence-corrected chi connectivity index (χ2v) is 2.89. The Morgan fingerprint density at radius 3 is 2.57 bits per heavy atom. The van der Waals surface area contributed by atoms with E-state index < -0.39 is 24.0 Å². The van der Waals surface area contributed by atoms with E-state index in [0.29, 0.717) is 0 Å². The Hall–Kier alpha value is -1.30. The molecule has 76 valence electrons. The molecule has 0 fully saturated rings. The molecule has 0 aliphatic heterocycles. The summed E-state index contributed by atoms with van der Waals surface area (Å²) in [6.45, 7) is 0. The van der Waals surface area contributed by atoms with Gasteiger partial charge in [0.2, 0.25) is 0 Å². The van der Waals surface area contributed by atoms with Crippen molar-refractivity contribution in [1.29, 1.82) is 0 Å². The lowest BCUT2D eigenvalue weighted by Crippen LogP contribution is -2.20. The van der Waals surface area contributed by atoms with Crippen molar-refractivity contribution in [1.82, 2.24) is 9.97 Å². The maximum absolute atomic E-state index is 13.0. The van der Waals surface area contributed by atoms with Gasteiger partial charge in [0, 0.05) is 0 Å². The lowest BCUT2D eigenvalue weighted by Gasteiger charge is -2.11. The van der Waals surface area contributed by atoms with Crippen molar-refractivity contribution in [2.45, 2.75) is 12.3 Å². The summed E-state index contributed by atoms with van der Waals surface area (Å²) in [5.74, 6) is -5.13. The zero-order valence-corrected chi connectivity index (χ0v) is 7.50.